The predicted octanol–water partition coefficient (Wildman–Crippen LogP) is 2.23. The van der Waals surface area contributed by atoms with Crippen LogP contribution in [0.1, 0.15) is 11.1 Å². The topological polar surface area (TPSA) is 11.4 Å². The Morgan fingerprint density at radius 3 is 2.53 bits per heavy atom. The van der Waals surface area contributed by atoms with Crippen LogP contribution in [0.15, 0.2) is 24.4 Å². The summed E-state index contributed by atoms with van der Waals surface area (Å²) in [7, 11) is 4.36. The van der Waals surface area contributed by atoms with Crippen LogP contribution in [0.4, 0.5) is 0 Å². The van der Waals surface area contributed by atoms with E-state index in [0.29, 0.717) is 0 Å². The molecule has 0 amide bonds. The summed E-state index contributed by atoms with van der Waals surface area (Å²) >= 11 is 0. The molecular weight excluding hydrogens is 234 g/mol. The van der Waals surface area contributed by atoms with E-state index in [-0.39, 0.29) is 0 Å². The van der Waals surface area contributed by atoms with Gasteiger partial charge in [-0.15, -0.1) is 0 Å². The number of aromatic nitrogens is 1. The molecule has 2 heterocycles. The Morgan fingerprint density at radius 2 is 1.79 bits per heavy atom. The summed E-state index contributed by atoms with van der Waals surface area (Å²) in [5.41, 5.74) is 4.21. The van der Waals surface area contributed by atoms with E-state index in [2.05, 4.69) is 59.8 Å². The summed E-state index contributed by atoms with van der Waals surface area (Å²) < 4.78 is 2.26. The van der Waals surface area contributed by atoms with Crippen LogP contribution in [-0.2, 0) is 13.6 Å². The van der Waals surface area contributed by atoms with E-state index >= 15 is 0 Å². The maximum Gasteiger partial charge on any atom is 0.0483 e. The SMILES string of the molecule is Cc1cccc2c1c(CN1CCN(C)CC1)cn2C. The Labute approximate surface area is 115 Å². The molecule has 0 atom stereocenters. The van der Waals surface area contributed by atoms with Crippen molar-refractivity contribution in [1.29, 1.82) is 0 Å². The fourth-order valence-electron chi connectivity index (χ4n) is 3.10. The van der Waals surface area contributed by atoms with E-state index in [9.17, 15) is 0 Å². The summed E-state index contributed by atoms with van der Waals surface area (Å²) in [6.45, 7) is 8.02. The molecule has 102 valence electrons. The molecule has 1 aliphatic heterocycles. The van der Waals surface area contributed by atoms with E-state index < -0.39 is 0 Å². The van der Waals surface area contributed by atoms with Crippen LogP contribution in [0.5, 0.6) is 0 Å². The van der Waals surface area contributed by atoms with Crippen LogP contribution in [-0.4, -0.2) is 47.6 Å². The number of likely N-dealkylation sites (N-methyl/N-ethyl adjacent to an activating group) is 1. The highest BCUT2D eigenvalue weighted by molar-refractivity contribution is 5.87. The first-order valence-corrected chi connectivity index (χ1v) is 7.09. The van der Waals surface area contributed by atoms with Crippen LogP contribution >= 0.6 is 0 Å². The van der Waals surface area contributed by atoms with E-state index in [4.69, 9.17) is 0 Å². The van der Waals surface area contributed by atoms with Gasteiger partial charge in [0.15, 0.2) is 0 Å². The fraction of sp³-hybridized carbons (Fsp3) is 0.500. The van der Waals surface area contributed by atoms with E-state index in [1.165, 1.54) is 48.2 Å². The Balaban J connectivity index is 1.89. The normalized spacial score (nSPS) is 18.3. The number of nitrogens with zero attached hydrogens (tertiary/aromatic N) is 3. The highest BCUT2D eigenvalue weighted by Gasteiger charge is 2.16. The molecule has 0 bridgehead atoms. The van der Waals surface area contributed by atoms with Crippen LogP contribution in [0.2, 0.25) is 0 Å². The Hall–Kier alpha value is -1.32. The minimum Gasteiger partial charge on any atom is -0.350 e. The molecule has 0 N–H and O–H groups in total. The molecule has 3 rings (SSSR count). The number of fused-ring (bicyclic) bond motifs is 1. The molecule has 0 unspecified atom stereocenters. The van der Waals surface area contributed by atoms with E-state index in [0.717, 1.165) is 6.54 Å². The van der Waals surface area contributed by atoms with Crippen molar-refractivity contribution >= 4 is 10.9 Å². The molecule has 2 aromatic rings. The Morgan fingerprint density at radius 1 is 1.05 bits per heavy atom. The standard InChI is InChI=1S/C16H23N3/c1-13-5-4-6-15-16(13)14(11-18(15)3)12-19-9-7-17(2)8-10-19/h4-6,11H,7-10,12H2,1-3H3. The van der Waals surface area contributed by atoms with Gasteiger partial charge in [0.2, 0.25) is 0 Å². The first-order chi connectivity index (χ1) is 9.15. The molecule has 0 radical (unpaired) electrons. The highest BCUT2D eigenvalue weighted by Crippen LogP contribution is 2.25. The molecule has 0 aliphatic carbocycles. The monoisotopic (exact) mass is 257 g/mol. The molecular formula is C16H23N3. The highest BCUT2D eigenvalue weighted by atomic mass is 15.2. The molecule has 1 aromatic carbocycles. The van der Waals surface area contributed by atoms with E-state index in [1.54, 1.807) is 0 Å². The van der Waals surface area contributed by atoms with Gasteiger partial charge in [0.1, 0.15) is 0 Å². The molecule has 19 heavy (non-hydrogen) atoms. The van der Waals surface area contributed by atoms with Gasteiger partial charge in [0, 0.05) is 56.9 Å². The average molecular weight is 257 g/mol. The molecule has 3 heteroatoms. The van der Waals surface area contributed by atoms with Crippen LogP contribution in [0.3, 0.4) is 0 Å². The van der Waals surface area contributed by atoms with Crippen molar-refractivity contribution in [3.63, 3.8) is 0 Å². The summed E-state index contributed by atoms with van der Waals surface area (Å²) in [5.74, 6) is 0. The van der Waals surface area contributed by atoms with Gasteiger partial charge in [-0.05, 0) is 31.2 Å². The van der Waals surface area contributed by atoms with Crippen molar-refractivity contribution in [2.45, 2.75) is 13.5 Å². The van der Waals surface area contributed by atoms with Crippen molar-refractivity contribution in [3.8, 4) is 0 Å². The minimum atomic E-state index is 1.08. The van der Waals surface area contributed by atoms with Crippen molar-refractivity contribution in [2.75, 3.05) is 33.2 Å². The third-order valence-corrected chi connectivity index (χ3v) is 4.29. The summed E-state index contributed by atoms with van der Waals surface area (Å²) in [4.78, 5) is 4.98. The third kappa shape index (κ3) is 2.40. The molecule has 1 aliphatic rings. The lowest BCUT2D eigenvalue weighted by atomic mass is 10.1. The van der Waals surface area contributed by atoms with Crippen molar-refractivity contribution in [2.24, 2.45) is 7.05 Å². The maximum atomic E-state index is 2.57. The molecule has 1 saturated heterocycles. The largest absolute Gasteiger partial charge is 0.350 e. The van der Waals surface area contributed by atoms with Crippen molar-refractivity contribution in [1.82, 2.24) is 14.4 Å². The second-order valence-electron chi connectivity index (χ2n) is 5.81. The van der Waals surface area contributed by atoms with Gasteiger partial charge in [0.25, 0.3) is 0 Å². The maximum absolute atomic E-state index is 2.57. The zero-order chi connectivity index (χ0) is 13.4. The molecule has 0 spiro atoms. The number of hydrogen-bond donors (Lipinski definition) is 0. The van der Waals surface area contributed by atoms with E-state index in [1.807, 2.05) is 0 Å². The lowest BCUT2D eigenvalue weighted by Gasteiger charge is -2.32. The second-order valence-corrected chi connectivity index (χ2v) is 5.81. The van der Waals surface area contributed by atoms with Crippen LogP contribution in [0, 0.1) is 6.92 Å². The summed E-state index contributed by atoms with van der Waals surface area (Å²) in [5, 5.41) is 1.45. The third-order valence-electron chi connectivity index (χ3n) is 4.29. The van der Waals surface area contributed by atoms with Gasteiger partial charge in [-0.25, -0.2) is 0 Å². The average Bonchev–Trinajstić information content (AvgIpc) is 2.71. The van der Waals surface area contributed by atoms with Crippen LogP contribution < -0.4 is 0 Å². The number of aryl methyl sites for hydroxylation is 2. The quantitative estimate of drug-likeness (QED) is 0.817. The fourth-order valence-corrected chi connectivity index (χ4v) is 3.10. The molecule has 3 nitrogen and oxygen atoms in total. The number of benzene rings is 1. The minimum absolute atomic E-state index is 1.08. The lowest BCUT2D eigenvalue weighted by molar-refractivity contribution is 0.148. The van der Waals surface area contributed by atoms with Crippen molar-refractivity contribution < 1.29 is 0 Å². The van der Waals surface area contributed by atoms with Gasteiger partial charge >= 0.3 is 0 Å². The first kappa shape index (κ1) is 12.7. The molecule has 0 saturated carbocycles. The first-order valence-electron chi connectivity index (χ1n) is 7.09. The summed E-state index contributed by atoms with van der Waals surface area (Å²) in [6.07, 6.45) is 2.30. The van der Waals surface area contributed by atoms with Crippen molar-refractivity contribution in [3.05, 3.63) is 35.5 Å². The second kappa shape index (κ2) is 4.99. The zero-order valence-electron chi connectivity index (χ0n) is 12.2. The molecule has 1 fully saturated rings. The smallest absolute Gasteiger partial charge is 0.0483 e. The Kier molecular flexibility index (Phi) is 3.33. The number of rotatable bonds is 2. The predicted molar refractivity (Wildman–Crippen MR) is 80.4 cm³/mol. The van der Waals surface area contributed by atoms with Gasteiger partial charge in [-0.3, -0.25) is 4.90 Å². The summed E-state index contributed by atoms with van der Waals surface area (Å²) in [6, 6.07) is 6.59. The zero-order valence-corrected chi connectivity index (χ0v) is 12.2. The lowest BCUT2D eigenvalue weighted by Crippen LogP contribution is -2.43. The van der Waals surface area contributed by atoms with Gasteiger partial charge < -0.3 is 9.47 Å². The van der Waals surface area contributed by atoms with Gasteiger partial charge in [-0.2, -0.15) is 0 Å². The number of hydrogen-bond acceptors (Lipinski definition) is 2. The Bertz CT molecular complexity index is 577. The van der Waals surface area contributed by atoms with Gasteiger partial charge in [-0.1, -0.05) is 12.1 Å². The molecule has 1 aromatic heterocycles. The number of piperazine rings is 1. The van der Waals surface area contributed by atoms with Crippen LogP contribution in [0.25, 0.3) is 10.9 Å². The van der Waals surface area contributed by atoms with Gasteiger partial charge in [0.05, 0.1) is 0 Å².